The van der Waals surface area contributed by atoms with Crippen LogP contribution >= 0.6 is 22.6 Å². The van der Waals surface area contributed by atoms with E-state index in [2.05, 4.69) is 92.9 Å². The average Bonchev–Trinajstić information content (AvgIpc) is 3.30. The molecule has 192 valence electrons. The SMILES string of the molecule is CC(C)[SiH](O[Si](OC[C@H]1O[C@@H](n2cnc3c(N)ncnc32)[C@@H](I)C1O)(C(C)C)C(C)C)C(C)C. The number of hydrogen-bond acceptors (Lipinski definition) is 8. The molecule has 1 saturated heterocycles. The molecular weight excluding hydrogens is 581 g/mol. The average molecular weight is 622 g/mol. The summed E-state index contributed by atoms with van der Waals surface area (Å²) >= 11 is 2.24. The van der Waals surface area contributed by atoms with Gasteiger partial charge in [-0.1, -0.05) is 78.0 Å². The van der Waals surface area contributed by atoms with E-state index in [1.54, 1.807) is 6.33 Å². The Kier molecular flexibility index (Phi) is 9.18. The number of ether oxygens (including phenoxy) is 1. The maximum Gasteiger partial charge on any atom is 0.333 e. The number of nitrogens with zero attached hydrogens (tertiary/aromatic N) is 4. The van der Waals surface area contributed by atoms with Gasteiger partial charge in [0.1, 0.15) is 17.9 Å². The zero-order valence-electron chi connectivity index (χ0n) is 21.5. The highest BCUT2D eigenvalue weighted by Crippen LogP contribution is 2.41. The Balaban J connectivity index is 1.82. The molecule has 1 aliphatic heterocycles. The molecule has 2 aromatic rings. The van der Waals surface area contributed by atoms with Crippen molar-refractivity contribution in [2.24, 2.45) is 0 Å². The van der Waals surface area contributed by atoms with Gasteiger partial charge < -0.3 is 24.1 Å². The zero-order valence-corrected chi connectivity index (χ0v) is 25.8. The van der Waals surface area contributed by atoms with E-state index in [9.17, 15) is 5.11 Å². The van der Waals surface area contributed by atoms with E-state index in [0.717, 1.165) is 0 Å². The topological polar surface area (TPSA) is 118 Å². The number of aliphatic hydroxyl groups is 1. The number of aliphatic hydroxyl groups excluding tert-OH is 1. The summed E-state index contributed by atoms with van der Waals surface area (Å²) in [6.45, 7) is 18.2. The molecule has 3 N–H and O–H groups in total. The number of hydrogen-bond donors (Lipinski definition) is 2. The predicted molar refractivity (Wildman–Crippen MR) is 148 cm³/mol. The predicted octanol–water partition coefficient (Wildman–Crippen LogP) is 4.31. The molecule has 1 unspecified atom stereocenters. The van der Waals surface area contributed by atoms with Crippen LogP contribution in [-0.4, -0.2) is 65.0 Å². The van der Waals surface area contributed by atoms with E-state index in [1.165, 1.54) is 6.33 Å². The fourth-order valence-electron chi connectivity index (χ4n) is 4.89. The van der Waals surface area contributed by atoms with Gasteiger partial charge in [-0.2, -0.15) is 0 Å². The smallest absolute Gasteiger partial charge is 0.333 e. The molecule has 0 amide bonds. The molecule has 0 aromatic carbocycles. The van der Waals surface area contributed by atoms with Gasteiger partial charge >= 0.3 is 8.56 Å². The first-order chi connectivity index (χ1) is 15.9. The standard InChI is InChI=1S/C22H40IN5O4Si2/c1-12(2)33(13(3)4)32-34(14(5)6,15(7)8)30-9-16-19(29)17(23)22(31-16)28-11-27-18-20(24)25-10-26-21(18)28/h10-17,19,22,29,33H,9H2,1-8H3,(H2,24,25,26)/t16-,17+,19?,22-/m1/s1. The third-order valence-electron chi connectivity index (χ3n) is 6.67. The summed E-state index contributed by atoms with van der Waals surface area (Å²) in [5, 5.41) is 11.1. The van der Waals surface area contributed by atoms with Crippen molar-refractivity contribution in [3.05, 3.63) is 12.7 Å². The van der Waals surface area contributed by atoms with Crippen molar-refractivity contribution in [2.75, 3.05) is 12.3 Å². The number of alkyl halides is 1. The zero-order chi connectivity index (χ0) is 25.4. The second-order valence-electron chi connectivity index (χ2n) is 10.5. The molecule has 0 aliphatic carbocycles. The first-order valence-corrected chi connectivity index (χ1v) is 17.1. The third-order valence-corrected chi connectivity index (χ3v) is 17.1. The van der Waals surface area contributed by atoms with E-state index >= 15 is 0 Å². The first kappa shape index (κ1) is 27.9. The van der Waals surface area contributed by atoms with E-state index in [1.807, 2.05) is 4.57 Å². The molecule has 12 heteroatoms. The number of nitrogen functional groups attached to an aromatic ring is 1. The van der Waals surface area contributed by atoms with Crippen LogP contribution in [0.25, 0.3) is 11.2 Å². The Hall–Kier alpha value is -0.646. The van der Waals surface area contributed by atoms with Crippen molar-refractivity contribution in [3.63, 3.8) is 0 Å². The normalized spacial score (nSPS) is 24.1. The van der Waals surface area contributed by atoms with Crippen molar-refractivity contribution in [2.45, 2.75) is 99.9 Å². The van der Waals surface area contributed by atoms with Gasteiger partial charge in [0.2, 0.25) is 0 Å². The van der Waals surface area contributed by atoms with E-state index < -0.39 is 36.0 Å². The summed E-state index contributed by atoms with van der Waals surface area (Å²) in [6, 6.07) is 0. The van der Waals surface area contributed by atoms with Crippen LogP contribution in [0.5, 0.6) is 0 Å². The molecule has 3 rings (SSSR count). The number of anilines is 1. The monoisotopic (exact) mass is 621 g/mol. The van der Waals surface area contributed by atoms with Crippen molar-refractivity contribution in [1.29, 1.82) is 0 Å². The van der Waals surface area contributed by atoms with Crippen LogP contribution in [0.1, 0.15) is 61.6 Å². The summed E-state index contributed by atoms with van der Waals surface area (Å²) in [4.78, 5) is 12.7. The van der Waals surface area contributed by atoms with Crippen molar-refractivity contribution < 1.29 is 18.4 Å². The van der Waals surface area contributed by atoms with Crippen molar-refractivity contribution in [3.8, 4) is 0 Å². The number of imidazole rings is 1. The Labute approximate surface area is 219 Å². The molecule has 0 spiro atoms. The highest BCUT2D eigenvalue weighted by atomic mass is 127. The second-order valence-corrected chi connectivity index (χ2v) is 20.5. The summed E-state index contributed by atoms with van der Waals surface area (Å²) in [5.74, 6) is 0.322. The summed E-state index contributed by atoms with van der Waals surface area (Å²) < 4.78 is 21.8. The molecule has 2 aromatic heterocycles. The molecule has 34 heavy (non-hydrogen) atoms. The van der Waals surface area contributed by atoms with Crippen molar-refractivity contribution >= 4 is 57.2 Å². The van der Waals surface area contributed by atoms with Crippen molar-refractivity contribution in [1.82, 2.24) is 19.5 Å². The maximum atomic E-state index is 11.1. The molecule has 1 fully saturated rings. The van der Waals surface area contributed by atoms with Gasteiger partial charge in [-0.15, -0.1) is 0 Å². The molecule has 0 saturated carbocycles. The Morgan fingerprint density at radius 2 is 1.74 bits per heavy atom. The van der Waals surface area contributed by atoms with E-state index in [-0.39, 0.29) is 15.0 Å². The Bertz CT molecular complexity index is 945. The quantitative estimate of drug-likeness (QED) is 0.229. The third kappa shape index (κ3) is 5.37. The lowest BCUT2D eigenvalue weighted by Gasteiger charge is -2.43. The van der Waals surface area contributed by atoms with Gasteiger partial charge in [-0.3, -0.25) is 4.57 Å². The van der Waals surface area contributed by atoms with Gasteiger partial charge in [0.15, 0.2) is 26.7 Å². The van der Waals surface area contributed by atoms with Gasteiger partial charge in [-0.05, 0) is 22.2 Å². The summed E-state index contributed by atoms with van der Waals surface area (Å²) in [5.41, 5.74) is 8.67. The molecule has 0 bridgehead atoms. The van der Waals surface area contributed by atoms with Gasteiger partial charge in [0.05, 0.1) is 23.0 Å². The van der Waals surface area contributed by atoms with E-state index in [0.29, 0.717) is 34.7 Å². The molecule has 1 aliphatic rings. The molecule has 9 nitrogen and oxygen atoms in total. The largest absolute Gasteiger partial charge is 0.437 e. The fourth-order valence-corrected chi connectivity index (χ4v) is 16.2. The highest BCUT2D eigenvalue weighted by Gasteiger charge is 2.50. The number of aromatic nitrogens is 4. The Morgan fingerprint density at radius 1 is 1.12 bits per heavy atom. The van der Waals surface area contributed by atoms with Crippen LogP contribution < -0.4 is 5.73 Å². The minimum atomic E-state index is -2.59. The maximum absolute atomic E-state index is 11.1. The molecular formula is C22H40IN5O4Si2. The van der Waals surface area contributed by atoms with Gasteiger partial charge in [-0.25, -0.2) is 15.0 Å². The lowest BCUT2D eigenvalue weighted by Crippen LogP contribution is -2.54. The number of rotatable bonds is 10. The molecule has 3 heterocycles. The van der Waals surface area contributed by atoms with Crippen LogP contribution in [-0.2, 0) is 13.3 Å². The molecule has 4 atom stereocenters. The number of nitrogens with two attached hydrogens (primary N) is 1. The van der Waals surface area contributed by atoms with Gasteiger partial charge in [0.25, 0.3) is 0 Å². The first-order valence-electron chi connectivity index (χ1n) is 12.1. The second kappa shape index (κ2) is 11.2. The number of halogens is 1. The van der Waals surface area contributed by atoms with Crippen LogP contribution in [0.4, 0.5) is 5.82 Å². The highest BCUT2D eigenvalue weighted by molar-refractivity contribution is 14.1. The number of fused-ring (bicyclic) bond motifs is 1. The van der Waals surface area contributed by atoms with Crippen LogP contribution in [0.3, 0.4) is 0 Å². The van der Waals surface area contributed by atoms with E-state index in [4.69, 9.17) is 19.0 Å². The summed E-state index contributed by atoms with van der Waals surface area (Å²) in [6.07, 6.45) is 1.45. The Morgan fingerprint density at radius 3 is 2.29 bits per heavy atom. The van der Waals surface area contributed by atoms with Crippen LogP contribution in [0, 0.1) is 0 Å². The summed E-state index contributed by atoms with van der Waals surface area (Å²) in [7, 11) is -4.09. The minimum Gasteiger partial charge on any atom is -0.437 e. The lowest BCUT2D eigenvalue weighted by molar-refractivity contribution is -0.0437. The van der Waals surface area contributed by atoms with Gasteiger partial charge in [0, 0.05) is 0 Å². The minimum absolute atomic E-state index is 0.205. The van der Waals surface area contributed by atoms with Crippen LogP contribution in [0.15, 0.2) is 12.7 Å². The van der Waals surface area contributed by atoms with Crippen LogP contribution in [0.2, 0.25) is 22.2 Å². The lowest BCUT2D eigenvalue weighted by atomic mass is 10.2. The molecule has 0 radical (unpaired) electrons. The fraction of sp³-hybridized carbons (Fsp3) is 0.773.